The molecule has 1 heterocycles. The Morgan fingerprint density at radius 3 is 2.31 bits per heavy atom. The third-order valence-electron chi connectivity index (χ3n) is 9.23. The van der Waals surface area contributed by atoms with Gasteiger partial charge in [-0.1, -0.05) is 58.8 Å². The summed E-state index contributed by atoms with van der Waals surface area (Å²) in [7, 11) is -2.95. The van der Waals surface area contributed by atoms with E-state index in [0.717, 1.165) is 31.6 Å². The van der Waals surface area contributed by atoms with Gasteiger partial charge in [-0.05, 0) is 73.5 Å². The molecule has 0 aromatic heterocycles. The summed E-state index contributed by atoms with van der Waals surface area (Å²) in [5, 5.41) is -0.00164. The van der Waals surface area contributed by atoms with Crippen LogP contribution in [0, 0.1) is 28.6 Å². The van der Waals surface area contributed by atoms with Crippen LogP contribution in [0.5, 0.6) is 0 Å². The van der Waals surface area contributed by atoms with Crippen LogP contribution in [0.2, 0.25) is 0 Å². The van der Waals surface area contributed by atoms with Crippen LogP contribution in [0.3, 0.4) is 0 Å². The molecule has 1 saturated heterocycles. The molecule has 0 amide bonds. The second-order valence-corrected chi connectivity index (χ2v) is 12.5. The maximum absolute atomic E-state index is 13.6. The summed E-state index contributed by atoms with van der Waals surface area (Å²) in [6, 6.07) is 0. The fourth-order valence-electron chi connectivity index (χ4n) is 7.94. The first-order valence-electron chi connectivity index (χ1n) is 11.7. The number of fused-ring (bicyclic) bond motifs is 3. The molecule has 0 radical (unpaired) electrons. The van der Waals surface area contributed by atoms with Crippen LogP contribution >= 0.6 is 0 Å². The van der Waals surface area contributed by atoms with Crippen LogP contribution < -0.4 is 0 Å². The molecule has 4 fully saturated rings. The summed E-state index contributed by atoms with van der Waals surface area (Å²) in [5.74, 6) is 2.53. The van der Waals surface area contributed by atoms with Crippen molar-refractivity contribution in [2.75, 3.05) is 5.75 Å². The van der Waals surface area contributed by atoms with Gasteiger partial charge in [-0.15, -0.1) is 0 Å². The van der Waals surface area contributed by atoms with Crippen LogP contribution in [-0.2, 0) is 9.84 Å². The molecule has 0 aromatic carbocycles. The van der Waals surface area contributed by atoms with Crippen molar-refractivity contribution in [3.05, 3.63) is 0 Å². The lowest BCUT2D eigenvalue weighted by atomic mass is 9.62. The predicted molar refractivity (Wildman–Crippen MR) is 109 cm³/mol. The zero-order valence-electron chi connectivity index (χ0n) is 17.1. The molecule has 4 rings (SSSR count). The molecule has 2 nitrogen and oxygen atoms in total. The molecule has 150 valence electrons. The van der Waals surface area contributed by atoms with Crippen LogP contribution in [0.25, 0.3) is 0 Å². The van der Waals surface area contributed by atoms with Crippen molar-refractivity contribution in [3.8, 4) is 0 Å². The highest BCUT2D eigenvalue weighted by atomic mass is 32.2. The van der Waals surface area contributed by atoms with E-state index in [1.165, 1.54) is 64.2 Å². The molecule has 3 heteroatoms. The SMILES string of the molecule is CCCC[C@]1(CC)CS(=O)(=O)C2CCCCC2[C@]2(C3CCCCC3)C[C@H]12. The molecule has 0 spiro atoms. The summed E-state index contributed by atoms with van der Waals surface area (Å²) in [6.45, 7) is 4.56. The second-order valence-electron chi connectivity index (χ2n) is 10.3. The van der Waals surface area contributed by atoms with Gasteiger partial charge in [0.05, 0.1) is 11.0 Å². The van der Waals surface area contributed by atoms with E-state index in [-0.39, 0.29) is 10.7 Å². The Hall–Kier alpha value is -0.0500. The van der Waals surface area contributed by atoms with Crippen molar-refractivity contribution < 1.29 is 8.42 Å². The number of unbranched alkanes of at least 4 members (excludes halogenated alkanes) is 1. The van der Waals surface area contributed by atoms with Gasteiger partial charge < -0.3 is 0 Å². The minimum Gasteiger partial charge on any atom is -0.229 e. The normalized spacial score (nSPS) is 45.4. The quantitative estimate of drug-likeness (QED) is 0.573. The van der Waals surface area contributed by atoms with Crippen molar-refractivity contribution in [2.45, 2.75) is 109 Å². The summed E-state index contributed by atoms with van der Waals surface area (Å²) in [5.41, 5.74) is 0.489. The van der Waals surface area contributed by atoms with E-state index in [4.69, 9.17) is 0 Å². The molecule has 0 aromatic rings. The molecule has 26 heavy (non-hydrogen) atoms. The monoisotopic (exact) mass is 380 g/mol. The van der Waals surface area contributed by atoms with Crippen LogP contribution in [0.1, 0.15) is 104 Å². The lowest BCUT2D eigenvalue weighted by molar-refractivity contribution is 0.0765. The third kappa shape index (κ3) is 2.90. The molecular weight excluding hydrogens is 340 g/mol. The van der Waals surface area contributed by atoms with Crippen molar-refractivity contribution in [2.24, 2.45) is 28.6 Å². The summed E-state index contributed by atoms with van der Waals surface area (Å²) >= 11 is 0. The fourth-order valence-corrected chi connectivity index (χ4v) is 10.9. The average molecular weight is 381 g/mol. The van der Waals surface area contributed by atoms with E-state index in [0.29, 0.717) is 23.0 Å². The molecule has 4 aliphatic rings. The first kappa shape index (κ1) is 19.3. The van der Waals surface area contributed by atoms with E-state index in [1.54, 1.807) is 0 Å². The Kier molecular flexibility index (Phi) is 5.25. The number of hydrogen-bond donors (Lipinski definition) is 0. The second kappa shape index (κ2) is 7.08. The fraction of sp³-hybridized carbons (Fsp3) is 1.00. The molecule has 5 atom stereocenters. The summed E-state index contributed by atoms with van der Waals surface area (Å²) in [6.07, 6.45) is 17.5. The Balaban J connectivity index is 1.77. The topological polar surface area (TPSA) is 34.1 Å². The first-order valence-corrected chi connectivity index (χ1v) is 13.4. The maximum atomic E-state index is 13.6. The third-order valence-corrected chi connectivity index (χ3v) is 11.7. The van der Waals surface area contributed by atoms with Gasteiger partial charge in [0.2, 0.25) is 0 Å². The molecule has 0 N–H and O–H groups in total. The van der Waals surface area contributed by atoms with Gasteiger partial charge in [-0.2, -0.15) is 0 Å². The highest BCUT2D eigenvalue weighted by Crippen LogP contribution is 2.76. The first-order chi connectivity index (χ1) is 12.5. The van der Waals surface area contributed by atoms with Gasteiger partial charge >= 0.3 is 0 Å². The van der Waals surface area contributed by atoms with Gasteiger partial charge in [-0.3, -0.25) is 0 Å². The number of rotatable bonds is 5. The van der Waals surface area contributed by atoms with E-state index in [9.17, 15) is 8.42 Å². The Bertz CT molecular complexity index is 606. The molecule has 3 saturated carbocycles. The molecule has 3 aliphatic carbocycles. The zero-order valence-corrected chi connectivity index (χ0v) is 18.0. The molecule has 0 bridgehead atoms. The van der Waals surface area contributed by atoms with E-state index >= 15 is 0 Å². The van der Waals surface area contributed by atoms with Gasteiger partial charge in [0.1, 0.15) is 0 Å². The molecule has 2 unspecified atom stereocenters. The maximum Gasteiger partial charge on any atom is 0.154 e. The number of hydrogen-bond acceptors (Lipinski definition) is 2. The van der Waals surface area contributed by atoms with Gasteiger partial charge in [-0.25, -0.2) is 8.42 Å². The van der Waals surface area contributed by atoms with Crippen LogP contribution in [-0.4, -0.2) is 19.4 Å². The largest absolute Gasteiger partial charge is 0.229 e. The van der Waals surface area contributed by atoms with Gasteiger partial charge in [0.15, 0.2) is 9.84 Å². The molecular formula is C23H40O2S. The van der Waals surface area contributed by atoms with Crippen molar-refractivity contribution in [1.29, 1.82) is 0 Å². The summed E-state index contributed by atoms with van der Waals surface area (Å²) in [4.78, 5) is 0. The van der Waals surface area contributed by atoms with Crippen molar-refractivity contribution in [1.82, 2.24) is 0 Å². The Morgan fingerprint density at radius 2 is 1.62 bits per heavy atom. The van der Waals surface area contributed by atoms with Crippen molar-refractivity contribution in [3.63, 3.8) is 0 Å². The summed E-state index contributed by atoms with van der Waals surface area (Å²) < 4.78 is 27.1. The smallest absolute Gasteiger partial charge is 0.154 e. The lowest BCUT2D eigenvalue weighted by Crippen LogP contribution is -2.41. The van der Waals surface area contributed by atoms with E-state index in [1.807, 2.05) is 0 Å². The predicted octanol–water partition coefficient (Wildman–Crippen LogP) is 6.15. The highest BCUT2D eigenvalue weighted by molar-refractivity contribution is 7.92. The van der Waals surface area contributed by atoms with E-state index in [2.05, 4.69) is 13.8 Å². The highest BCUT2D eigenvalue weighted by Gasteiger charge is 2.72. The minimum atomic E-state index is -2.95. The van der Waals surface area contributed by atoms with Crippen LogP contribution in [0.15, 0.2) is 0 Å². The van der Waals surface area contributed by atoms with Gasteiger partial charge in [0.25, 0.3) is 0 Å². The lowest BCUT2D eigenvalue weighted by Gasteiger charge is -2.43. The Labute approximate surface area is 161 Å². The molecule has 1 aliphatic heterocycles. The van der Waals surface area contributed by atoms with Crippen molar-refractivity contribution >= 4 is 9.84 Å². The van der Waals surface area contributed by atoms with E-state index < -0.39 is 9.84 Å². The minimum absolute atomic E-state index is 0.00164. The standard InChI is InChI=1S/C23H40O2S/c1-3-5-15-22(4-2)17-26(24,25)20-14-10-9-13-19(20)23(16-21(22)23)18-11-7-6-8-12-18/h18-21H,3-17H2,1-2H3/t19?,20?,21-,22-,23-/m1/s1. The van der Waals surface area contributed by atoms with Gasteiger partial charge in [0, 0.05) is 0 Å². The average Bonchev–Trinajstić information content (AvgIpc) is 3.43. The Morgan fingerprint density at radius 1 is 0.923 bits per heavy atom. The van der Waals surface area contributed by atoms with Crippen LogP contribution in [0.4, 0.5) is 0 Å². The number of sulfone groups is 1. The zero-order chi connectivity index (χ0) is 18.4.